The molecular weight excluding hydrogens is 347 g/mol. The molecule has 2 aliphatic heterocycles. The first kappa shape index (κ1) is 17.3. The molecule has 4 rings (SSSR count). The highest BCUT2D eigenvalue weighted by atomic mass is 19.4. The van der Waals surface area contributed by atoms with E-state index in [1.54, 1.807) is 13.2 Å². The zero-order chi connectivity index (χ0) is 18.3. The van der Waals surface area contributed by atoms with Gasteiger partial charge in [0.15, 0.2) is 0 Å². The lowest BCUT2D eigenvalue weighted by atomic mass is 9.97. The molecule has 0 radical (unpaired) electrons. The maximum Gasteiger partial charge on any atom is 0.433 e. The van der Waals surface area contributed by atoms with Crippen LogP contribution in [0.1, 0.15) is 43.1 Å². The van der Waals surface area contributed by atoms with Crippen LogP contribution in [-0.2, 0) is 17.5 Å². The Balaban J connectivity index is 1.54. The van der Waals surface area contributed by atoms with Gasteiger partial charge in [0.25, 0.3) is 0 Å². The van der Waals surface area contributed by atoms with E-state index in [1.807, 2.05) is 10.9 Å². The first-order chi connectivity index (χ1) is 12.5. The molecule has 0 saturated carbocycles. The van der Waals surface area contributed by atoms with E-state index in [-0.39, 0.29) is 18.1 Å². The Kier molecular flexibility index (Phi) is 4.34. The van der Waals surface area contributed by atoms with Gasteiger partial charge in [-0.15, -0.1) is 5.10 Å². The van der Waals surface area contributed by atoms with Crippen LogP contribution in [0.25, 0.3) is 0 Å². The fraction of sp³-hybridized carbons (Fsp3) is 0.588. The van der Waals surface area contributed by atoms with Gasteiger partial charge >= 0.3 is 6.18 Å². The molecule has 0 N–H and O–H groups in total. The van der Waals surface area contributed by atoms with Gasteiger partial charge in [0, 0.05) is 19.2 Å². The Labute approximate surface area is 149 Å². The molecule has 2 aromatic heterocycles. The van der Waals surface area contributed by atoms with Crippen LogP contribution in [0.3, 0.4) is 0 Å². The second kappa shape index (κ2) is 6.53. The zero-order valence-electron chi connectivity index (χ0n) is 14.4. The molecule has 2 bridgehead atoms. The molecule has 2 aliphatic rings. The summed E-state index contributed by atoms with van der Waals surface area (Å²) < 4.78 is 45.9. The predicted molar refractivity (Wildman–Crippen MR) is 87.5 cm³/mol. The van der Waals surface area contributed by atoms with Crippen molar-refractivity contribution in [3.05, 3.63) is 35.8 Å². The minimum atomic E-state index is -4.42. The standard InChI is InChI=1S/C17H20F3N5O/c1-26-10-11-9-24(23-22-11)14-7-12-5-6-13(8-14)25(12)16-4-2-3-15(21-16)17(18,19)20/h2-4,9,12-14H,5-8,10H2,1H3. The molecule has 0 spiro atoms. The van der Waals surface area contributed by atoms with Crippen molar-refractivity contribution in [2.24, 2.45) is 0 Å². The average Bonchev–Trinajstić information content (AvgIpc) is 3.17. The summed E-state index contributed by atoms with van der Waals surface area (Å²) in [6, 6.07) is 4.67. The van der Waals surface area contributed by atoms with Crippen molar-refractivity contribution in [3.63, 3.8) is 0 Å². The van der Waals surface area contributed by atoms with Crippen LogP contribution in [-0.4, -0.2) is 39.2 Å². The second-order valence-electron chi connectivity index (χ2n) is 6.92. The predicted octanol–water partition coefficient (Wildman–Crippen LogP) is 3.21. The highest BCUT2D eigenvalue weighted by Gasteiger charge is 2.43. The molecule has 9 heteroatoms. The van der Waals surface area contributed by atoms with Crippen LogP contribution in [0.5, 0.6) is 0 Å². The van der Waals surface area contributed by atoms with Gasteiger partial charge in [0.05, 0.1) is 18.8 Å². The minimum Gasteiger partial charge on any atom is -0.378 e. The van der Waals surface area contributed by atoms with Crippen molar-refractivity contribution in [1.82, 2.24) is 20.0 Å². The molecule has 2 atom stereocenters. The average molecular weight is 367 g/mol. The van der Waals surface area contributed by atoms with E-state index in [0.29, 0.717) is 12.4 Å². The van der Waals surface area contributed by atoms with E-state index in [4.69, 9.17) is 4.74 Å². The summed E-state index contributed by atoms with van der Waals surface area (Å²) in [5.41, 5.74) is -0.0566. The molecule has 2 fully saturated rings. The Morgan fingerprint density at radius 3 is 2.54 bits per heavy atom. The van der Waals surface area contributed by atoms with Gasteiger partial charge in [-0.2, -0.15) is 13.2 Å². The summed E-state index contributed by atoms with van der Waals surface area (Å²) in [5, 5.41) is 8.31. The third-order valence-corrected chi connectivity index (χ3v) is 5.22. The highest BCUT2D eigenvalue weighted by Crippen LogP contribution is 2.43. The SMILES string of the molecule is COCc1cn(C2CC3CCC(C2)N3c2cccc(C(F)(F)F)n2)nn1. The number of piperidine rings is 1. The first-order valence-corrected chi connectivity index (χ1v) is 8.68. The lowest BCUT2D eigenvalue weighted by molar-refractivity contribution is -0.141. The van der Waals surface area contributed by atoms with Crippen molar-refractivity contribution in [1.29, 1.82) is 0 Å². The summed E-state index contributed by atoms with van der Waals surface area (Å²) in [6.07, 6.45) is 1.03. The smallest absolute Gasteiger partial charge is 0.378 e. The van der Waals surface area contributed by atoms with Crippen molar-refractivity contribution >= 4 is 5.82 Å². The third kappa shape index (κ3) is 3.15. The number of halogens is 3. The number of methoxy groups -OCH3 is 1. The van der Waals surface area contributed by atoms with E-state index in [1.165, 1.54) is 6.07 Å². The number of aromatic nitrogens is 4. The number of ether oxygens (including phenoxy) is 1. The monoisotopic (exact) mass is 367 g/mol. The number of anilines is 1. The maximum atomic E-state index is 13.0. The van der Waals surface area contributed by atoms with E-state index < -0.39 is 11.9 Å². The summed E-state index contributed by atoms with van der Waals surface area (Å²) in [5.74, 6) is 0.421. The number of fused-ring (bicyclic) bond motifs is 2. The Morgan fingerprint density at radius 1 is 1.15 bits per heavy atom. The summed E-state index contributed by atoms with van der Waals surface area (Å²) in [4.78, 5) is 5.95. The summed E-state index contributed by atoms with van der Waals surface area (Å²) in [6.45, 7) is 0.417. The number of alkyl halides is 3. The molecule has 2 saturated heterocycles. The van der Waals surface area contributed by atoms with Crippen LogP contribution in [0.2, 0.25) is 0 Å². The number of hydrogen-bond donors (Lipinski definition) is 0. The van der Waals surface area contributed by atoms with Crippen molar-refractivity contribution in [2.45, 2.75) is 56.6 Å². The van der Waals surface area contributed by atoms with Gasteiger partial charge in [-0.1, -0.05) is 11.3 Å². The lowest BCUT2D eigenvalue weighted by Crippen LogP contribution is -2.44. The lowest BCUT2D eigenvalue weighted by Gasteiger charge is -2.39. The normalized spacial score (nSPS) is 25.7. The van der Waals surface area contributed by atoms with Crippen LogP contribution in [0.15, 0.2) is 24.4 Å². The van der Waals surface area contributed by atoms with Gasteiger partial charge in [-0.3, -0.25) is 0 Å². The molecule has 0 aliphatic carbocycles. The van der Waals surface area contributed by atoms with Crippen LogP contribution in [0.4, 0.5) is 19.0 Å². The van der Waals surface area contributed by atoms with E-state index >= 15 is 0 Å². The van der Waals surface area contributed by atoms with Gasteiger partial charge in [-0.05, 0) is 37.8 Å². The number of rotatable bonds is 4. The molecule has 6 nitrogen and oxygen atoms in total. The van der Waals surface area contributed by atoms with Gasteiger partial charge < -0.3 is 9.64 Å². The van der Waals surface area contributed by atoms with E-state index in [2.05, 4.69) is 20.2 Å². The zero-order valence-corrected chi connectivity index (χ0v) is 14.4. The highest BCUT2D eigenvalue weighted by molar-refractivity contribution is 5.45. The molecule has 2 aromatic rings. The largest absolute Gasteiger partial charge is 0.433 e. The molecule has 140 valence electrons. The van der Waals surface area contributed by atoms with Crippen LogP contribution in [0, 0.1) is 0 Å². The van der Waals surface area contributed by atoms with Crippen LogP contribution >= 0.6 is 0 Å². The molecule has 2 unspecified atom stereocenters. The van der Waals surface area contributed by atoms with Crippen LogP contribution < -0.4 is 4.90 Å². The Bertz CT molecular complexity index is 764. The first-order valence-electron chi connectivity index (χ1n) is 8.68. The van der Waals surface area contributed by atoms with Gasteiger partial charge in [0.1, 0.15) is 17.2 Å². The van der Waals surface area contributed by atoms with Crippen molar-refractivity contribution in [2.75, 3.05) is 12.0 Å². The maximum absolute atomic E-state index is 13.0. The molecular formula is C17H20F3N5O. The Morgan fingerprint density at radius 2 is 1.88 bits per heavy atom. The van der Waals surface area contributed by atoms with Crippen molar-refractivity contribution < 1.29 is 17.9 Å². The quantitative estimate of drug-likeness (QED) is 0.831. The molecule has 0 amide bonds. The third-order valence-electron chi connectivity index (χ3n) is 5.22. The number of pyridine rings is 1. The second-order valence-corrected chi connectivity index (χ2v) is 6.92. The minimum absolute atomic E-state index is 0.171. The Hall–Kier alpha value is -2.16. The summed E-state index contributed by atoms with van der Waals surface area (Å²) >= 11 is 0. The number of nitrogens with zero attached hydrogens (tertiary/aromatic N) is 5. The molecule has 0 aromatic carbocycles. The topological polar surface area (TPSA) is 56.1 Å². The fourth-order valence-corrected chi connectivity index (χ4v) is 4.17. The van der Waals surface area contributed by atoms with E-state index in [0.717, 1.165) is 37.4 Å². The van der Waals surface area contributed by atoms with Gasteiger partial charge in [0.2, 0.25) is 0 Å². The van der Waals surface area contributed by atoms with E-state index in [9.17, 15) is 13.2 Å². The molecule has 26 heavy (non-hydrogen) atoms. The number of hydrogen-bond acceptors (Lipinski definition) is 5. The summed E-state index contributed by atoms with van der Waals surface area (Å²) in [7, 11) is 1.61. The molecule has 4 heterocycles. The van der Waals surface area contributed by atoms with Gasteiger partial charge in [-0.25, -0.2) is 9.67 Å². The fourth-order valence-electron chi connectivity index (χ4n) is 4.17. The van der Waals surface area contributed by atoms with Crippen molar-refractivity contribution in [3.8, 4) is 0 Å².